The fraction of sp³-hybridized carbons (Fsp3) is 0.381. The molecule has 2 aliphatic rings. The van der Waals surface area contributed by atoms with Gasteiger partial charge in [0.2, 0.25) is 5.91 Å². The van der Waals surface area contributed by atoms with Crippen LogP contribution in [0.25, 0.3) is 33.6 Å². The maximum atomic E-state index is 14.1. The second kappa shape index (κ2) is 16.2. The predicted molar refractivity (Wildman–Crippen MR) is 207 cm³/mol. The van der Waals surface area contributed by atoms with E-state index in [1.54, 1.807) is 11.1 Å². The number of nitrogens with zero attached hydrogens (tertiary/aromatic N) is 4. The van der Waals surface area contributed by atoms with E-state index in [1.807, 2.05) is 63.4 Å². The zero-order chi connectivity index (χ0) is 37.8. The highest BCUT2D eigenvalue weighted by molar-refractivity contribution is 5.89. The molecular formula is C42H49N7O5. The highest BCUT2D eigenvalue weighted by atomic mass is 16.5. The number of hydrogen-bond donors (Lipinski definition) is 3. The fourth-order valence-corrected chi connectivity index (χ4v) is 7.12. The summed E-state index contributed by atoms with van der Waals surface area (Å²) in [5.41, 5.74) is 8.61. The summed E-state index contributed by atoms with van der Waals surface area (Å²) >= 11 is 0. The number of hydrogen-bond acceptors (Lipinski definition) is 8. The lowest BCUT2D eigenvalue weighted by molar-refractivity contribution is -0.134. The van der Waals surface area contributed by atoms with Crippen LogP contribution in [0.3, 0.4) is 0 Å². The minimum Gasteiger partial charge on any atom is -0.488 e. The summed E-state index contributed by atoms with van der Waals surface area (Å²) < 4.78 is 18.2. The molecule has 12 heteroatoms. The first-order chi connectivity index (χ1) is 26.2. The van der Waals surface area contributed by atoms with Crippen LogP contribution in [0.2, 0.25) is 0 Å². The summed E-state index contributed by atoms with van der Waals surface area (Å²) in [6.07, 6.45) is 4.87. The van der Waals surface area contributed by atoms with Crippen LogP contribution in [0.1, 0.15) is 74.9 Å². The number of nitrogens with one attached hydrogen (secondary N) is 3. The normalized spacial score (nSPS) is 13.2. The number of carbonyl (C=O) groups is 2. The van der Waals surface area contributed by atoms with Gasteiger partial charge in [-0.05, 0) is 62.2 Å². The Hall–Kier alpha value is -5.62. The van der Waals surface area contributed by atoms with Crippen molar-refractivity contribution in [2.75, 3.05) is 26.7 Å². The molecule has 7 rings (SSSR count). The number of H-pyrrole nitrogens is 2. The van der Waals surface area contributed by atoms with Crippen LogP contribution < -0.4 is 14.8 Å². The molecule has 2 aliphatic heterocycles. The number of amides is 2. The zero-order valence-electron chi connectivity index (χ0n) is 31.7. The van der Waals surface area contributed by atoms with Gasteiger partial charge in [-0.3, -0.25) is 9.69 Å². The van der Waals surface area contributed by atoms with Crippen LogP contribution in [0.15, 0.2) is 67.0 Å². The van der Waals surface area contributed by atoms with Crippen molar-refractivity contribution >= 4 is 12.0 Å². The summed E-state index contributed by atoms with van der Waals surface area (Å²) in [4.78, 5) is 47.0. The molecule has 4 heterocycles. The van der Waals surface area contributed by atoms with E-state index in [2.05, 4.69) is 62.3 Å². The Balaban J connectivity index is 1.10. The molecule has 5 aromatic rings. The standard InChI is InChI=1S/C42H49N7O5/c1-6-13-48(5)21-36-43-19-32(45-36)28-15-30-24-53-35-18-29(16-31-25-52-34(17-28)38(30)39(31)35)33-20-44-37(46-33)22-49(14-7-2)41(50)40(27-11-9-8-10-12-27)47-42(51)54-23-26(3)4/h8-12,15-20,26,40H,6-7,13-14,21-25H2,1-5H3,(H,43,45)(H,44,46)(H,47,51)/t40-/m1/s1. The molecule has 0 unspecified atom stereocenters. The summed E-state index contributed by atoms with van der Waals surface area (Å²) in [6.45, 7) is 11.7. The second-order valence-corrected chi connectivity index (χ2v) is 14.6. The topological polar surface area (TPSA) is 138 Å². The zero-order valence-corrected chi connectivity index (χ0v) is 31.7. The van der Waals surface area contributed by atoms with Crippen molar-refractivity contribution in [2.45, 2.75) is 72.9 Å². The van der Waals surface area contributed by atoms with Gasteiger partial charge in [0.05, 0.1) is 43.5 Å². The first-order valence-corrected chi connectivity index (χ1v) is 18.8. The number of aromatic nitrogens is 4. The number of aromatic amines is 2. The third-order valence-corrected chi connectivity index (χ3v) is 9.62. The molecule has 0 fully saturated rings. The minimum atomic E-state index is -0.906. The molecule has 12 nitrogen and oxygen atoms in total. The molecule has 54 heavy (non-hydrogen) atoms. The van der Waals surface area contributed by atoms with E-state index < -0.39 is 12.1 Å². The maximum Gasteiger partial charge on any atom is 0.408 e. The van der Waals surface area contributed by atoms with Gasteiger partial charge in [-0.1, -0.05) is 58.0 Å². The van der Waals surface area contributed by atoms with Crippen LogP contribution in [-0.2, 0) is 35.8 Å². The largest absolute Gasteiger partial charge is 0.488 e. The Morgan fingerprint density at radius 2 is 1.41 bits per heavy atom. The lowest BCUT2D eigenvalue weighted by atomic mass is 9.87. The van der Waals surface area contributed by atoms with Crippen LogP contribution in [0, 0.1) is 5.92 Å². The number of benzene rings is 3. The van der Waals surface area contributed by atoms with E-state index in [0.717, 1.165) is 88.0 Å². The molecule has 2 aromatic heterocycles. The van der Waals surface area contributed by atoms with Crippen LogP contribution >= 0.6 is 0 Å². The van der Waals surface area contributed by atoms with Gasteiger partial charge >= 0.3 is 6.09 Å². The average Bonchev–Trinajstić information content (AvgIpc) is 3.85. The monoisotopic (exact) mass is 731 g/mol. The average molecular weight is 732 g/mol. The molecule has 3 aromatic carbocycles. The first-order valence-electron chi connectivity index (χ1n) is 18.8. The van der Waals surface area contributed by atoms with Crippen molar-refractivity contribution in [1.29, 1.82) is 0 Å². The molecular weight excluding hydrogens is 683 g/mol. The Morgan fingerprint density at radius 1 is 0.833 bits per heavy atom. The maximum absolute atomic E-state index is 14.1. The Labute approximate surface area is 316 Å². The van der Waals surface area contributed by atoms with Crippen molar-refractivity contribution in [3.63, 3.8) is 0 Å². The molecule has 0 radical (unpaired) electrons. The highest BCUT2D eigenvalue weighted by Crippen LogP contribution is 2.50. The quantitative estimate of drug-likeness (QED) is 0.100. The van der Waals surface area contributed by atoms with E-state index in [1.165, 1.54) is 0 Å². The fourth-order valence-electron chi connectivity index (χ4n) is 7.12. The van der Waals surface area contributed by atoms with Crippen LogP contribution in [0.5, 0.6) is 11.5 Å². The Kier molecular flexibility index (Phi) is 11.0. The van der Waals surface area contributed by atoms with Gasteiger partial charge in [-0.2, -0.15) is 0 Å². The number of alkyl carbamates (subject to hydrolysis) is 1. The van der Waals surface area contributed by atoms with Gasteiger partial charge in [0.15, 0.2) is 0 Å². The van der Waals surface area contributed by atoms with Crippen LogP contribution in [0.4, 0.5) is 4.79 Å². The molecule has 0 saturated carbocycles. The van der Waals surface area contributed by atoms with E-state index in [4.69, 9.17) is 14.2 Å². The van der Waals surface area contributed by atoms with E-state index >= 15 is 0 Å². The highest BCUT2D eigenvalue weighted by Gasteiger charge is 2.31. The van der Waals surface area contributed by atoms with E-state index in [9.17, 15) is 9.59 Å². The van der Waals surface area contributed by atoms with Gasteiger partial charge in [0.1, 0.15) is 42.4 Å². The van der Waals surface area contributed by atoms with Crippen molar-refractivity contribution in [3.8, 4) is 45.1 Å². The summed E-state index contributed by atoms with van der Waals surface area (Å²) in [7, 11) is 2.10. The smallest absolute Gasteiger partial charge is 0.408 e. The van der Waals surface area contributed by atoms with Crippen LogP contribution in [-0.4, -0.2) is 68.5 Å². The number of imidazole rings is 2. The lowest BCUT2D eigenvalue weighted by Crippen LogP contribution is -2.43. The molecule has 0 aliphatic carbocycles. The molecule has 1 atom stereocenters. The lowest BCUT2D eigenvalue weighted by Gasteiger charge is -2.30. The second-order valence-electron chi connectivity index (χ2n) is 14.6. The van der Waals surface area contributed by atoms with Gasteiger partial charge in [-0.15, -0.1) is 0 Å². The first kappa shape index (κ1) is 36.7. The third-order valence-electron chi connectivity index (χ3n) is 9.62. The van der Waals surface area contributed by atoms with Gasteiger partial charge in [0, 0.05) is 39.9 Å². The van der Waals surface area contributed by atoms with Gasteiger partial charge in [0.25, 0.3) is 0 Å². The van der Waals surface area contributed by atoms with Gasteiger partial charge in [-0.25, -0.2) is 14.8 Å². The Bertz CT molecular complexity index is 2060. The molecule has 2 amide bonds. The Morgan fingerprint density at radius 3 is 1.96 bits per heavy atom. The number of rotatable bonds is 15. The molecule has 0 saturated heterocycles. The number of ether oxygens (including phenoxy) is 3. The van der Waals surface area contributed by atoms with E-state index in [-0.39, 0.29) is 25.0 Å². The van der Waals surface area contributed by atoms with Crippen molar-refractivity contribution < 1.29 is 23.8 Å². The van der Waals surface area contributed by atoms with Crippen molar-refractivity contribution in [1.82, 2.24) is 35.1 Å². The SMILES string of the molecule is CCCN(C)Cc1ncc(-c2cc3c4c(c2)OCc2cc(-c5cnc(CN(CCC)C(=O)[C@H](NC(=O)OCC(C)C)c6ccccc6)[nH]5)cc(c2-4)OC3)[nH]1. The van der Waals surface area contributed by atoms with Crippen molar-refractivity contribution in [2.24, 2.45) is 5.92 Å². The minimum absolute atomic E-state index is 0.172. The summed E-state index contributed by atoms with van der Waals surface area (Å²) in [6, 6.07) is 16.8. The third kappa shape index (κ3) is 7.98. The van der Waals surface area contributed by atoms with Crippen molar-refractivity contribution in [3.05, 3.63) is 95.3 Å². The summed E-state index contributed by atoms with van der Waals surface area (Å²) in [5.74, 6) is 3.14. The van der Waals surface area contributed by atoms with E-state index in [0.29, 0.717) is 31.1 Å². The molecule has 3 N–H and O–H groups in total. The number of carbonyl (C=O) groups excluding carboxylic acids is 2. The molecule has 282 valence electrons. The molecule has 0 spiro atoms. The summed E-state index contributed by atoms with van der Waals surface area (Å²) in [5, 5.41) is 2.80. The molecule has 0 bridgehead atoms. The predicted octanol–water partition coefficient (Wildman–Crippen LogP) is 7.62. The van der Waals surface area contributed by atoms with Gasteiger partial charge < -0.3 is 34.4 Å².